The number of likely N-dealkylation sites (tertiary alicyclic amines) is 1. The van der Waals surface area contributed by atoms with Gasteiger partial charge < -0.3 is 10.2 Å². The Bertz CT molecular complexity index is 984. The minimum absolute atomic E-state index is 0.0574. The first-order valence-corrected chi connectivity index (χ1v) is 9.96. The fourth-order valence-corrected chi connectivity index (χ4v) is 3.77. The van der Waals surface area contributed by atoms with Crippen molar-refractivity contribution < 1.29 is 4.79 Å². The number of amides is 1. The molecule has 1 aliphatic heterocycles. The molecule has 0 radical (unpaired) electrons. The van der Waals surface area contributed by atoms with Crippen LogP contribution in [0.25, 0.3) is 0 Å². The lowest BCUT2D eigenvalue weighted by Crippen LogP contribution is -2.31. The van der Waals surface area contributed by atoms with Gasteiger partial charge in [0.15, 0.2) is 0 Å². The highest BCUT2D eigenvalue weighted by Gasteiger charge is 2.31. The molecule has 1 saturated heterocycles. The third kappa shape index (κ3) is 4.86. The van der Waals surface area contributed by atoms with Gasteiger partial charge in [0.05, 0.1) is 30.3 Å². The Kier molecular flexibility index (Phi) is 5.95. The van der Waals surface area contributed by atoms with Crippen molar-refractivity contribution in [2.24, 2.45) is 0 Å². The van der Waals surface area contributed by atoms with Gasteiger partial charge in [-0.15, -0.1) is 0 Å². The predicted octanol–water partition coefficient (Wildman–Crippen LogP) is 3.96. The Hall–Kier alpha value is -3.06. The van der Waals surface area contributed by atoms with Crippen LogP contribution in [0, 0.1) is 0 Å². The lowest BCUT2D eigenvalue weighted by Gasteiger charge is -2.24. The highest BCUT2D eigenvalue weighted by molar-refractivity contribution is 6.30. The Morgan fingerprint density at radius 2 is 2.07 bits per heavy atom. The monoisotopic (exact) mass is 408 g/mol. The van der Waals surface area contributed by atoms with E-state index in [2.05, 4.69) is 25.3 Å². The van der Waals surface area contributed by atoms with E-state index >= 15 is 0 Å². The molecule has 3 heterocycles. The normalized spacial score (nSPS) is 16.0. The zero-order valence-corrected chi connectivity index (χ0v) is 16.6. The second-order valence-electron chi connectivity index (χ2n) is 6.92. The van der Waals surface area contributed by atoms with Crippen molar-refractivity contribution in [3.63, 3.8) is 0 Å². The van der Waals surface area contributed by atoms with Gasteiger partial charge in [0.1, 0.15) is 11.6 Å². The summed E-state index contributed by atoms with van der Waals surface area (Å²) in [7, 11) is 0. The van der Waals surface area contributed by atoms with Crippen LogP contribution in [0.2, 0.25) is 5.02 Å². The number of hydrogen-bond acceptors (Lipinski definition) is 6. The van der Waals surface area contributed by atoms with Crippen LogP contribution in [0.15, 0.2) is 55.2 Å². The highest BCUT2D eigenvalue weighted by Crippen LogP contribution is 2.32. The van der Waals surface area contributed by atoms with E-state index < -0.39 is 0 Å². The maximum atomic E-state index is 12.9. The maximum absolute atomic E-state index is 12.9. The Labute approximate surface area is 174 Å². The van der Waals surface area contributed by atoms with Crippen molar-refractivity contribution in [3.05, 3.63) is 71.5 Å². The molecule has 0 spiro atoms. The fourth-order valence-electron chi connectivity index (χ4n) is 3.56. The van der Waals surface area contributed by atoms with Gasteiger partial charge in [-0.1, -0.05) is 23.7 Å². The average molecular weight is 409 g/mol. The standard InChI is InChI=1S/C21H21ClN6O/c22-16-4-1-3-15(11-16)6-7-21(29)28-10-2-5-18(28)17-12-24-14-20(26-17)27-19-13-23-8-9-25-19/h1,3-4,8-9,11-14,18H,2,5-7,10H2,(H,25,26,27)/t18-/m1/s1. The second-order valence-corrected chi connectivity index (χ2v) is 7.36. The average Bonchev–Trinajstić information content (AvgIpc) is 3.23. The Morgan fingerprint density at radius 1 is 1.17 bits per heavy atom. The number of nitrogens with one attached hydrogen (secondary N) is 1. The molecule has 0 unspecified atom stereocenters. The van der Waals surface area contributed by atoms with Crippen molar-refractivity contribution >= 4 is 29.1 Å². The largest absolute Gasteiger partial charge is 0.334 e. The molecular formula is C21H21ClN6O. The Morgan fingerprint density at radius 3 is 2.90 bits per heavy atom. The van der Waals surface area contributed by atoms with E-state index in [0.29, 0.717) is 29.5 Å². The lowest BCUT2D eigenvalue weighted by molar-refractivity contribution is -0.132. The summed E-state index contributed by atoms with van der Waals surface area (Å²) in [4.78, 5) is 32.0. The molecule has 0 saturated carbocycles. The Balaban J connectivity index is 1.43. The molecule has 29 heavy (non-hydrogen) atoms. The number of benzene rings is 1. The molecule has 3 aromatic rings. The number of aryl methyl sites for hydroxylation is 1. The number of hydrogen-bond donors (Lipinski definition) is 1. The van der Waals surface area contributed by atoms with Crippen LogP contribution in [0.3, 0.4) is 0 Å². The fraction of sp³-hybridized carbons (Fsp3) is 0.286. The third-order valence-corrected chi connectivity index (χ3v) is 5.14. The van der Waals surface area contributed by atoms with Gasteiger partial charge in [0.2, 0.25) is 5.91 Å². The summed E-state index contributed by atoms with van der Waals surface area (Å²) in [6, 6.07) is 7.59. The molecule has 1 aliphatic rings. The van der Waals surface area contributed by atoms with Crippen molar-refractivity contribution in [2.75, 3.05) is 11.9 Å². The van der Waals surface area contributed by atoms with E-state index in [4.69, 9.17) is 11.6 Å². The lowest BCUT2D eigenvalue weighted by atomic mass is 10.1. The number of carbonyl (C=O) groups excluding carboxylic acids is 1. The zero-order chi connectivity index (χ0) is 20.1. The topological polar surface area (TPSA) is 83.9 Å². The number of carbonyl (C=O) groups is 1. The van der Waals surface area contributed by atoms with Crippen molar-refractivity contribution in [1.29, 1.82) is 0 Å². The maximum Gasteiger partial charge on any atom is 0.223 e. The van der Waals surface area contributed by atoms with E-state index in [-0.39, 0.29) is 11.9 Å². The van der Waals surface area contributed by atoms with Crippen LogP contribution in [-0.4, -0.2) is 37.3 Å². The highest BCUT2D eigenvalue weighted by atomic mass is 35.5. The second kappa shape index (κ2) is 8.96. The van der Waals surface area contributed by atoms with Crippen LogP contribution in [0.5, 0.6) is 0 Å². The first-order chi connectivity index (χ1) is 14.2. The zero-order valence-electron chi connectivity index (χ0n) is 15.8. The van der Waals surface area contributed by atoms with Gasteiger partial charge in [0, 0.05) is 30.4 Å². The smallest absolute Gasteiger partial charge is 0.223 e. The van der Waals surface area contributed by atoms with Crippen LogP contribution in [0.1, 0.15) is 36.6 Å². The van der Waals surface area contributed by atoms with Crippen LogP contribution in [-0.2, 0) is 11.2 Å². The molecule has 8 heteroatoms. The van der Waals surface area contributed by atoms with E-state index in [1.165, 1.54) is 0 Å². The van der Waals surface area contributed by atoms with Crippen molar-refractivity contribution in [1.82, 2.24) is 24.8 Å². The third-order valence-electron chi connectivity index (χ3n) is 4.90. The first-order valence-electron chi connectivity index (χ1n) is 9.58. The van der Waals surface area contributed by atoms with Gasteiger partial charge in [-0.3, -0.25) is 14.8 Å². The van der Waals surface area contributed by atoms with Gasteiger partial charge in [-0.25, -0.2) is 9.97 Å². The van der Waals surface area contributed by atoms with Gasteiger partial charge >= 0.3 is 0 Å². The molecule has 0 bridgehead atoms. The predicted molar refractivity (Wildman–Crippen MR) is 111 cm³/mol. The van der Waals surface area contributed by atoms with Gasteiger partial charge in [-0.2, -0.15) is 0 Å². The number of rotatable bonds is 6. The van der Waals surface area contributed by atoms with E-state index in [1.807, 2.05) is 29.2 Å². The summed E-state index contributed by atoms with van der Waals surface area (Å²) in [6.07, 6.45) is 11.2. The summed E-state index contributed by atoms with van der Waals surface area (Å²) >= 11 is 6.04. The SMILES string of the molecule is O=C(CCc1cccc(Cl)c1)N1CCC[C@@H]1c1cncc(Nc2cnccn2)n1. The molecule has 148 valence electrons. The minimum atomic E-state index is -0.0574. The van der Waals surface area contributed by atoms with Crippen molar-refractivity contribution in [3.8, 4) is 0 Å². The molecule has 1 fully saturated rings. The van der Waals surface area contributed by atoms with Crippen LogP contribution < -0.4 is 5.32 Å². The van der Waals surface area contributed by atoms with E-state index in [1.54, 1.807) is 31.0 Å². The van der Waals surface area contributed by atoms with Crippen LogP contribution >= 0.6 is 11.6 Å². The molecule has 1 N–H and O–H groups in total. The molecule has 1 atom stereocenters. The molecule has 1 aromatic carbocycles. The quantitative estimate of drug-likeness (QED) is 0.664. The molecule has 2 aromatic heterocycles. The number of aromatic nitrogens is 4. The van der Waals surface area contributed by atoms with Crippen LogP contribution in [0.4, 0.5) is 11.6 Å². The summed E-state index contributed by atoms with van der Waals surface area (Å²) in [5.41, 5.74) is 1.85. The van der Waals surface area contributed by atoms with E-state index in [0.717, 1.165) is 30.6 Å². The molecule has 1 amide bonds. The molecule has 4 rings (SSSR count). The van der Waals surface area contributed by atoms with Gasteiger partial charge in [0.25, 0.3) is 0 Å². The number of nitrogens with zero attached hydrogens (tertiary/aromatic N) is 5. The summed E-state index contributed by atoms with van der Waals surface area (Å²) in [5, 5.41) is 3.79. The van der Waals surface area contributed by atoms with Crippen molar-refractivity contribution in [2.45, 2.75) is 31.7 Å². The van der Waals surface area contributed by atoms with Gasteiger partial charge in [-0.05, 0) is 37.0 Å². The van der Waals surface area contributed by atoms with E-state index in [9.17, 15) is 4.79 Å². The molecular weight excluding hydrogens is 388 g/mol. The molecule has 0 aliphatic carbocycles. The number of halogens is 1. The summed E-state index contributed by atoms with van der Waals surface area (Å²) in [5.74, 6) is 1.31. The first kappa shape index (κ1) is 19.3. The number of anilines is 2. The summed E-state index contributed by atoms with van der Waals surface area (Å²) in [6.45, 7) is 0.739. The minimum Gasteiger partial charge on any atom is -0.334 e. The summed E-state index contributed by atoms with van der Waals surface area (Å²) < 4.78 is 0. The molecule has 7 nitrogen and oxygen atoms in total.